The molecule has 3 unspecified atom stereocenters. The molecule has 8 nitrogen and oxygen atoms in total. The van der Waals surface area contributed by atoms with Gasteiger partial charge >= 0.3 is 0 Å². The van der Waals surface area contributed by atoms with Crippen LogP contribution in [0, 0.1) is 0 Å². The summed E-state index contributed by atoms with van der Waals surface area (Å²) in [4.78, 5) is 25.6. The average molecular weight is 1200 g/mol. The van der Waals surface area contributed by atoms with Crippen LogP contribution in [0.15, 0.2) is 72.9 Å². The maximum absolute atomic E-state index is 13.0. The summed E-state index contributed by atoms with van der Waals surface area (Å²) in [6.45, 7) is 4.56. The van der Waals surface area contributed by atoms with E-state index in [1.165, 1.54) is 263 Å². The van der Waals surface area contributed by atoms with Gasteiger partial charge in [-0.2, -0.15) is 0 Å². The van der Waals surface area contributed by atoms with Crippen molar-refractivity contribution in [1.82, 2.24) is 5.32 Å². The highest BCUT2D eigenvalue weighted by molar-refractivity contribution is 7.45. The van der Waals surface area contributed by atoms with Gasteiger partial charge < -0.3 is 28.8 Å². The molecule has 2 N–H and O–H groups in total. The summed E-state index contributed by atoms with van der Waals surface area (Å²) in [5.74, 6) is -0.201. The number of carbonyl (C=O) groups is 1. The first kappa shape index (κ1) is 81.9. The minimum atomic E-state index is -4.61. The number of nitrogens with one attached hydrogen (secondary N) is 1. The first-order valence-electron chi connectivity index (χ1n) is 36.3. The highest BCUT2D eigenvalue weighted by Gasteiger charge is 2.23. The minimum Gasteiger partial charge on any atom is -0.756 e. The van der Waals surface area contributed by atoms with E-state index in [0.29, 0.717) is 17.4 Å². The van der Waals surface area contributed by atoms with Crippen molar-refractivity contribution in [3.8, 4) is 0 Å². The van der Waals surface area contributed by atoms with Crippen molar-refractivity contribution in [2.75, 3.05) is 40.9 Å². The SMILES string of the molecule is CC/C=C\C/C=C\C/C=C\C/C=C\CCCCCCCCCCCCCCCCCCCCCCCCCCC(=O)NC(COP(=O)([O-])OCC[N+](C)(C)C)C(O)/C=C/CC/C=C/CCCCCCCCCCCCCCCCCCCCC. The Morgan fingerprint density at radius 2 is 0.738 bits per heavy atom. The van der Waals surface area contributed by atoms with Crippen LogP contribution in [0.2, 0.25) is 0 Å². The van der Waals surface area contributed by atoms with E-state index in [9.17, 15) is 19.4 Å². The van der Waals surface area contributed by atoms with Crippen molar-refractivity contribution in [2.45, 2.75) is 360 Å². The summed E-state index contributed by atoms with van der Waals surface area (Å²) in [5.41, 5.74) is 0. The van der Waals surface area contributed by atoms with Crippen LogP contribution in [0.25, 0.3) is 0 Å². The number of hydrogen-bond acceptors (Lipinski definition) is 6. The number of nitrogens with zero attached hydrogens (tertiary/aromatic N) is 1. The first-order chi connectivity index (χ1) is 41.0. The first-order valence-corrected chi connectivity index (χ1v) is 37.8. The number of phosphoric ester groups is 1. The quantitative estimate of drug-likeness (QED) is 0.0272. The van der Waals surface area contributed by atoms with E-state index in [-0.39, 0.29) is 12.5 Å². The zero-order chi connectivity index (χ0) is 61.2. The third-order valence-electron chi connectivity index (χ3n) is 16.4. The van der Waals surface area contributed by atoms with Gasteiger partial charge in [0.25, 0.3) is 7.82 Å². The standard InChI is InChI=1S/C75H141N2O6P/c1-6-8-10-12-14-16-18-20-22-24-26-28-30-32-33-34-35-36-37-38-39-40-41-42-43-45-47-49-51-53-55-57-59-61-63-65-67-69-75(79)76-73(72-83-84(80,81)82-71-70-77(3,4)5)74(78)68-66-64-62-60-58-56-54-52-50-48-46-44-31-29-27-25-23-21-19-17-15-13-11-9-7-2/h8,10,14,16,20,22,26,28,58,60,66,68,73-74,78H,6-7,9,11-13,15,17-19,21,23-25,27,29-57,59,61-65,67,69-72H2,1-5H3,(H-,76,79,80,81)/b10-8-,16-14-,22-20-,28-26-,60-58+,68-66+. The summed E-state index contributed by atoms with van der Waals surface area (Å²) in [6.07, 6.45) is 91.9. The number of aliphatic hydroxyl groups excluding tert-OH is 1. The third kappa shape index (κ3) is 67.4. The Morgan fingerprint density at radius 1 is 0.429 bits per heavy atom. The fourth-order valence-corrected chi connectivity index (χ4v) is 11.5. The Bertz CT molecular complexity index is 1600. The van der Waals surface area contributed by atoms with Gasteiger partial charge in [-0.3, -0.25) is 9.36 Å². The lowest BCUT2D eigenvalue weighted by Gasteiger charge is -2.29. The molecule has 0 radical (unpaired) electrons. The summed E-state index contributed by atoms with van der Waals surface area (Å²) in [6, 6.07) is -0.905. The van der Waals surface area contributed by atoms with E-state index in [0.717, 1.165) is 64.2 Å². The molecule has 1 amide bonds. The highest BCUT2D eigenvalue weighted by atomic mass is 31.2. The summed E-state index contributed by atoms with van der Waals surface area (Å²) < 4.78 is 23.5. The van der Waals surface area contributed by atoms with Gasteiger partial charge in [-0.1, -0.05) is 344 Å². The van der Waals surface area contributed by atoms with Crippen molar-refractivity contribution in [3.05, 3.63) is 72.9 Å². The van der Waals surface area contributed by atoms with Crippen molar-refractivity contribution >= 4 is 13.7 Å². The van der Waals surface area contributed by atoms with E-state index in [1.54, 1.807) is 6.08 Å². The predicted molar refractivity (Wildman–Crippen MR) is 367 cm³/mol. The highest BCUT2D eigenvalue weighted by Crippen LogP contribution is 2.38. The number of amides is 1. The molecule has 3 atom stereocenters. The molecule has 492 valence electrons. The number of aliphatic hydroxyl groups is 1. The van der Waals surface area contributed by atoms with Gasteiger partial charge in [0.2, 0.25) is 5.91 Å². The minimum absolute atomic E-state index is 0.00591. The van der Waals surface area contributed by atoms with Crippen molar-refractivity contribution in [2.24, 2.45) is 0 Å². The van der Waals surface area contributed by atoms with Crippen molar-refractivity contribution < 1.29 is 32.9 Å². The molecule has 0 aromatic carbocycles. The molecular weight excluding hydrogens is 1060 g/mol. The fraction of sp³-hybridized carbons (Fsp3) is 0.827. The molecule has 0 aromatic rings. The number of allylic oxidation sites excluding steroid dienone is 11. The van der Waals surface area contributed by atoms with Crippen LogP contribution in [0.5, 0.6) is 0 Å². The van der Waals surface area contributed by atoms with Crippen LogP contribution >= 0.6 is 7.82 Å². The van der Waals surface area contributed by atoms with Crippen LogP contribution in [0.4, 0.5) is 0 Å². The molecule has 0 aliphatic carbocycles. The summed E-state index contributed by atoms with van der Waals surface area (Å²) in [7, 11) is 1.26. The van der Waals surface area contributed by atoms with E-state index >= 15 is 0 Å². The second-order valence-electron chi connectivity index (χ2n) is 25.9. The van der Waals surface area contributed by atoms with Crippen LogP contribution in [-0.4, -0.2) is 68.5 Å². The van der Waals surface area contributed by atoms with Gasteiger partial charge in [-0.15, -0.1) is 0 Å². The topological polar surface area (TPSA) is 108 Å². The maximum atomic E-state index is 13.0. The monoisotopic (exact) mass is 1200 g/mol. The van der Waals surface area contributed by atoms with E-state index < -0.39 is 26.6 Å². The predicted octanol–water partition coefficient (Wildman–Crippen LogP) is 22.7. The number of hydrogen-bond donors (Lipinski definition) is 2. The number of carbonyl (C=O) groups excluding carboxylic acids is 1. The van der Waals surface area contributed by atoms with Crippen molar-refractivity contribution in [3.63, 3.8) is 0 Å². The van der Waals surface area contributed by atoms with E-state index in [1.807, 2.05) is 27.2 Å². The molecule has 0 saturated carbocycles. The Morgan fingerprint density at radius 3 is 1.11 bits per heavy atom. The number of likely N-dealkylation sites (N-methyl/N-ethyl adjacent to an activating group) is 1. The summed E-state index contributed by atoms with van der Waals surface area (Å²) in [5, 5.41) is 14.0. The molecule has 9 heteroatoms. The molecular formula is C75H141N2O6P. The van der Waals surface area contributed by atoms with Gasteiger partial charge in [0, 0.05) is 6.42 Å². The largest absolute Gasteiger partial charge is 0.756 e. The molecule has 0 aromatic heterocycles. The Balaban J connectivity index is 4.01. The number of phosphoric acid groups is 1. The average Bonchev–Trinajstić information content (AvgIpc) is 3.56. The van der Waals surface area contributed by atoms with E-state index in [2.05, 4.69) is 79.9 Å². The second-order valence-corrected chi connectivity index (χ2v) is 27.3. The van der Waals surface area contributed by atoms with E-state index in [4.69, 9.17) is 9.05 Å². The second kappa shape index (κ2) is 65.4. The van der Waals surface area contributed by atoms with Gasteiger partial charge in [0.1, 0.15) is 13.2 Å². The molecule has 0 bridgehead atoms. The van der Waals surface area contributed by atoms with Crippen LogP contribution < -0.4 is 10.2 Å². The maximum Gasteiger partial charge on any atom is 0.268 e. The Hall–Kier alpha value is -2.06. The summed E-state index contributed by atoms with van der Waals surface area (Å²) >= 11 is 0. The molecule has 0 aliphatic heterocycles. The Labute approximate surface area is 523 Å². The smallest absolute Gasteiger partial charge is 0.268 e. The number of unbranched alkanes of at least 4 members (excludes halogenated alkanes) is 44. The van der Waals surface area contributed by atoms with Gasteiger partial charge in [0.05, 0.1) is 39.9 Å². The van der Waals surface area contributed by atoms with Crippen LogP contribution in [0.1, 0.15) is 348 Å². The Kier molecular flexibility index (Phi) is 63.8. The number of quaternary nitrogens is 1. The zero-order valence-electron chi connectivity index (χ0n) is 56.4. The molecule has 0 saturated heterocycles. The van der Waals surface area contributed by atoms with Crippen molar-refractivity contribution in [1.29, 1.82) is 0 Å². The molecule has 0 aliphatic rings. The zero-order valence-corrected chi connectivity index (χ0v) is 57.3. The van der Waals surface area contributed by atoms with Crippen LogP contribution in [-0.2, 0) is 18.4 Å². The lowest BCUT2D eigenvalue weighted by atomic mass is 10.0. The van der Waals surface area contributed by atoms with Gasteiger partial charge in [0.15, 0.2) is 0 Å². The normalized spacial score (nSPS) is 14.0. The molecule has 0 heterocycles. The van der Waals surface area contributed by atoms with Gasteiger partial charge in [-0.05, 0) is 70.6 Å². The third-order valence-corrected chi connectivity index (χ3v) is 17.4. The molecule has 0 spiro atoms. The lowest BCUT2D eigenvalue weighted by Crippen LogP contribution is -2.45. The molecule has 84 heavy (non-hydrogen) atoms. The number of rotatable bonds is 67. The fourth-order valence-electron chi connectivity index (χ4n) is 10.8. The van der Waals surface area contributed by atoms with Gasteiger partial charge in [-0.25, -0.2) is 0 Å². The lowest BCUT2D eigenvalue weighted by molar-refractivity contribution is -0.870. The molecule has 0 rings (SSSR count). The molecule has 0 fully saturated rings. The van der Waals surface area contributed by atoms with Crippen LogP contribution in [0.3, 0.4) is 0 Å².